The van der Waals surface area contributed by atoms with Crippen molar-refractivity contribution in [2.45, 2.75) is 12.3 Å². The van der Waals surface area contributed by atoms with Gasteiger partial charge in [0.2, 0.25) is 5.91 Å². The first-order valence-corrected chi connectivity index (χ1v) is 8.77. The van der Waals surface area contributed by atoms with Crippen LogP contribution >= 0.6 is 11.3 Å². The van der Waals surface area contributed by atoms with E-state index < -0.39 is 16.7 Å². The van der Waals surface area contributed by atoms with Crippen LogP contribution in [0.5, 0.6) is 0 Å². The second kappa shape index (κ2) is 6.36. The van der Waals surface area contributed by atoms with Crippen LogP contribution in [0.25, 0.3) is 0 Å². The number of carbonyl (C=O) groups excluding carboxylic acids is 2. The molecule has 2 N–H and O–H groups in total. The zero-order chi connectivity index (χ0) is 19.1. The number of thiophene rings is 1. The molecule has 11 heteroatoms. The lowest BCUT2D eigenvalue weighted by atomic mass is 9.92. The van der Waals surface area contributed by atoms with Crippen LogP contribution in [0.15, 0.2) is 34.1 Å². The fourth-order valence-electron chi connectivity index (χ4n) is 3.03. The number of furan rings is 1. The van der Waals surface area contributed by atoms with Gasteiger partial charge >= 0.3 is 5.88 Å². The maximum Gasteiger partial charge on any atom is 0.433 e. The molecule has 4 rings (SSSR count). The van der Waals surface area contributed by atoms with E-state index in [2.05, 4.69) is 15.7 Å². The molecule has 0 aliphatic carbocycles. The SMILES string of the molecule is Cn1nc(NC(=O)c2ccc([N+](=O)[O-])o2)c2c1NC(=O)C[C@@H]2c1cccs1. The average molecular weight is 387 g/mol. The molecule has 0 fully saturated rings. The molecule has 0 aromatic carbocycles. The number of nitrogens with one attached hydrogen (secondary N) is 2. The summed E-state index contributed by atoms with van der Waals surface area (Å²) < 4.78 is 6.41. The summed E-state index contributed by atoms with van der Waals surface area (Å²) >= 11 is 1.51. The minimum Gasteiger partial charge on any atom is -0.395 e. The smallest absolute Gasteiger partial charge is 0.395 e. The Labute approximate surface area is 155 Å². The van der Waals surface area contributed by atoms with Crippen molar-refractivity contribution < 1.29 is 18.9 Å². The highest BCUT2D eigenvalue weighted by Gasteiger charge is 2.34. The molecular formula is C16H13N5O5S. The zero-order valence-corrected chi connectivity index (χ0v) is 14.8. The molecule has 1 aliphatic heterocycles. The third-order valence-electron chi connectivity index (χ3n) is 4.19. The predicted octanol–water partition coefficient (Wildman–Crippen LogP) is 2.71. The van der Waals surface area contributed by atoms with Crippen LogP contribution in [0.4, 0.5) is 17.5 Å². The zero-order valence-electron chi connectivity index (χ0n) is 14.0. The highest BCUT2D eigenvalue weighted by atomic mass is 32.1. The van der Waals surface area contributed by atoms with E-state index in [1.165, 1.54) is 22.1 Å². The molecule has 0 bridgehead atoms. The number of nitro groups is 1. The van der Waals surface area contributed by atoms with Gasteiger partial charge in [-0.05, 0) is 17.5 Å². The maximum atomic E-state index is 12.4. The van der Waals surface area contributed by atoms with Gasteiger partial charge in [0.25, 0.3) is 5.91 Å². The molecule has 1 atom stereocenters. The Morgan fingerprint density at radius 2 is 2.30 bits per heavy atom. The molecule has 10 nitrogen and oxygen atoms in total. The van der Waals surface area contributed by atoms with Gasteiger partial charge < -0.3 is 15.1 Å². The van der Waals surface area contributed by atoms with Gasteiger partial charge in [-0.25, -0.2) is 0 Å². The van der Waals surface area contributed by atoms with Gasteiger partial charge in [-0.2, -0.15) is 5.10 Å². The van der Waals surface area contributed by atoms with E-state index in [4.69, 9.17) is 4.42 Å². The summed E-state index contributed by atoms with van der Waals surface area (Å²) in [6.07, 6.45) is 0.230. The molecule has 0 saturated carbocycles. The van der Waals surface area contributed by atoms with Crippen LogP contribution in [-0.2, 0) is 11.8 Å². The lowest BCUT2D eigenvalue weighted by Gasteiger charge is -2.22. The molecular weight excluding hydrogens is 374 g/mol. The molecule has 0 spiro atoms. The fraction of sp³-hybridized carbons (Fsp3) is 0.188. The standard InChI is InChI=1S/C16H13N5O5S/c1-20-15-13(8(7-11(22)17-15)10-3-2-6-27-10)14(19-20)18-16(23)9-4-5-12(26-9)21(24)25/h2-6,8H,7H2,1H3,(H,17,22)(H,18,19,23)/t8-/m1/s1. The summed E-state index contributed by atoms with van der Waals surface area (Å²) in [5.74, 6) is -0.987. The number of carbonyl (C=O) groups is 2. The van der Waals surface area contributed by atoms with Gasteiger partial charge in [-0.1, -0.05) is 6.07 Å². The van der Waals surface area contributed by atoms with Crippen molar-refractivity contribution in [3.8, 4) is 0 Å². The van der Waals surface area contributed by atoms with Crippen LogP contribution < -0.4 is 10.6 Å². The van der Waals surface area contributed by atoms with Crippen molar-refractivity contribution >= 4 is 40.7 Å². The van der Waals surface area contributed by atoms with Gasteiger partial charge in [-0.15, -0.1) is 11.3 Å². The van der Waals surface area contributed by atoms with Gasteiger partial charge in [0.15, 0.2) is 11.6 Å². The normalized spacial score (nSPS) is 15.9. The number of aromatic nitrogens is 2. The van der Waals surface area contributed by atoms with E-state index in [0.29, 0.717) is 11.4 Å². The molecule has 27 heavy (non-hydrogen) atoms. The minimum absolute atomic E-state index is 0.136. The fourth-order valence-corrected chi connectivity index (χ4v) is 3.87. The van der Waals surface area contributed by atoms with E-state index in [-0.39, 0.29) is 29.8 Å². The first-order chi connectivity index (χ1) is 12.9. The average Bonchev–Trinajstić information content (AvgIpc) is 3.35. The van der Waals surface area contributed by atoms with Gasteiger partial charge in [0, 0.05) is 29.8 Å². The lowest BCUT2D eigenvalue weighted by molar-refractivity contribution is -0.402. The summed E-state index contributed by atoms with van der Waals surface area (Å²) in [5, 5.41) is 22.3. The molecule has 0 radical (unpaired) electrons. The molecule has 138 valence electrons. The van der Waals surface area contributed by atoms with Gasteiger partial charge in [-0.3, -0.25) is 24.4 Å². The van der Waals surface area contributed by atoms with E-state index in [1.54, 1.807) is 7.05 Å². The summed E-state index contributed by atoms with van der Waals surface area (Å²) in [5.41, 5.74) is 0.689. The molecule has 0 unspecified atom stereocenters. The maximum absolute atomic E-state index is 12.4. The van der Waals surface area contributed by atoms with Crippen molar-refractivity contribution in [1.82, 2.24) is 9.78 Å². The predicted molar refractivity (Wildman–Crippen MR) is 95.9 cm³/mol. The summed E-state index contributed by atoms with van der Waals surface area (Å²) in [7, 11) is 1.66. The van der Waals surface area contributed by atoms with E-state index >= 15 is 0 Å². The topological polar surface area (TPSA) is 132 Å². The number of hydrogen-bond acceptors (Lipinski definition) is 7. The molecule has 2 amide bonds. The van der Waals surface area contributed by atoms with E-state index in [9.17, 15) is 19.7 Å². The Morgan fingerprint density at radius 3 is 2.96 bits per heavy atom. The molecule has 1 aliphatic rings. The van der Waals surface area contributed by atoms with Crippen LogP contribution in [0, 0.1) is 10.1 Å². The highest BCUT2D eigenvalue weighted by Crippen LogP contribution is 2.42. The van der Waals surface area contributed by atoms with Crippen molar-refractivity contribution in [3.63, 3.8) is 0 Å². The number of rotatable bonds is 4. The Bertz CT molecular complexity index is 1050. The molecule has 0 saturated heterocycles. The second-order valence-corrected chi connectivity index (χ2v) is 6.88. The van der Waals surface area contributed by atoms with Crippen molar-refractivity contribution in [2.24, 2.45) is 7.05 Å². The van der Waals surface area contributed by atoms with Crippen LogP contribution in [0.2, 0.25) is 0 Å². The first kappa shape index (κ1) is 17.0. The van der Waals surface area contributed by atoms with Crippen LogP contribution in [0.1, 0.15) is 33.3 Å². The molecule has 3 aromatic rings. The lowest BCUT2D eigenvalue weighted by Crippen LogP contribution is -2.24. The van der Waals surface area contributed by atoms with Crippen molar-refractivity contribution in [2.75, 3.05) is 10.6 Å². The number of amides is 2. The van der Waals surface area contributed by atoms with Gasteiger partial charge in [0.1, 0.15) is 10.7 Å². The summed E-state index contributed by atoms with van der Waals surface area (Å²) in [4.78, 5) is 35.5. The Morgan fingerprint density at radius 1 is 1.48 bits per heavy atom. The third kappa shape index (κ3) is 2.97. The van der Waals surface area contributed by atoms with E-state index in [1.807, 2.05) is 17.5 Å². The number of aryl methyl sites for hydroxylation is 1. The van der Waals surface area contributed by atoms with E-state index in [0.717, 1.165) is 10.9 Å². The summed E-state index contributed by atoms with van der Waals surface area (Å²) in [6.45, 7) is 0. The number of nitrogens with zero attached hydrogens (tertiary/aromatic N) is 3. The Hall–Kier alpha value is -3.47. The molecule has 4 heterocycles. The summed E-state index contributed by atoms with van der Waals surface area (Å²) in [6, 6.07) is 6.15. The van der Waals surface area contributed by atoms with Crippen molar-refractivity contribution in [3.05, 3.63) is 56.0 Å². The van der Waals surface area contributed by atoms with Crippen molar-refractivity contribution in [1.29, 1.82) is 0 Å². The number of anilines is 2. The minimum atomic E-state index is -0.720. The Kier molecular flexibility index (Phi) is 4.00. The monoisotopic (exact) mass is 387 g/mol. The van der Waals surface area contributed by atoms with Crippen LogP contribution in [-0.4, -0.2) is 26.5 Å². The number of fused-ring (bicyclic) bond motifs is 1. The number of hydrogen-bond donors (Lipinski definition) is 2. The molecule has 3 aromatic heterocycles. The quantitative estimate of drug-likeness (QED) is 0.522. The highest BCUT2D eigenvalue weighted by molar-refractivity contribution is 7.10. The van der Waals surface area contributed by atoms with Gasteiger partial charge in [0.05, 0.1) is 6.07 Å². The van der Waals surface area contributed by atoms with Crippen LogP contribution in [0.3, 0.4) is 0 Å². The Balaban J connectivity index is 1.70. The largest absolute Gasteiger partial charge is 0.433 e. The third-order valence-corrected chi connectivity index (χ3v) is 5.18. The second-order valence-electron chi connectivity index (χ2n) is 5.90. The first-order valence-electron chi connectivity index (χ1n) is 7.89.